The highest BCUT2D eigenvalue weighted by Gasteiger charge is 2.24. The van der Waals surface area contributed by atoms with Gasteiger partial charge in [0.15, 0.2) is 0 Å². The molecule has 37 heavy (non-hydrogen) atoms. The van der Waals surface area contributed by atoms with Crippen LogP contribution in [0.3, 0.4) is 0 Å². The number of nitrogens with one attached hydrogen (secondary N) is 1. The number of benzene rings is 3. The predicted molar refractivity (Wildman–Crippen MR) is 137 cm³/mol. The number of carbonyl (C=O) groups is 1. The minimum atomic E-state index is -0.765. The molecule has 6 nitrogen and oxygen atoms in total. The summed E-state index contributed by atoms with van der Waals surface area (Å²) in [6.45, 7) is 2.89. The lowest BCUT2D eigenvalue weighted by Crippen LogP contribution is -2.46. The average molecular weight is 506 g/mol. The van der Waals surface area contributed by atoms with Crippen molar-refractivity contribution >= 4 is 5.97 Å². The van der Waals surface area contributed by atoms with E-state index in [-0.39, 0.29) is 13.0 Å². The van der Waals surface area contributed by atoms with Crippen LogP contribution in [0.1, 0.15) is 34.0 Å². The normalized spacial score (nSPS) is 12.8. The fourth-order valence-corrected chi connectivity index (χ4v) is 4.08. The summed E-state index contributed by atoms with van der Waals surface area (Å²) in [5, 5.41) is 3.30. The van der Waals surface area contributed by atoms with Crippen molar-refractivity contribution in [3.63, 3.8) is 0 Å². The van der Waals surface area contributed by atoms with Crippen LogP contribution in [0.15, 0.2) is 83.6 Å². The van der Waals surface area contributed by atoms with Crippen LogP contribution >= 0.6 is 0 Å². The molecular formula is C29H29F2N3O3. The van der Waals surface area contributed by atoms with Crippen molar-refractivity contribution in [2.45, 2.75) is 38.5 Å². The molecular weight excluding hydrogens is 476 g/mol. The lowest BCUT2D eigenvalue weighted by atomic mass is 10.0. The topological polar surface area (TPSA) is 90.4 Å². The molecule has 4 aromatic rings. The Morgan fingerprint density at radius 3 is 2.51 bits per heavy atom. The Kier molecular flexibility index (Phi) is 8.77. The molecule has 1 heterocycles. The van der Waals surface area contributed by atoms with Crippen molar-refractivity contribution in [1.29, 1.82) is 0 Å². The first-order chi connectivity index (χ1) is 17.9. The Bertz CT molecular complexity index is 1310. The van der Waals surface area contributed by atoms with Gasteiger partial charge >= 0.3 is 5.97 Å². The van der Waals surface area contributed by atoms with E-state index in [1.165, 1.54) is 30.2 Å². The molecule has 0 saturated carbocycles. The number of ether oxygens (including phenoxy) is 1. The monoisotopic (exact) mass is 505 g/mol. The number of aryl methyl sites for hydroxylation is 1. The van der Waals surface area contributed by atoms with Crippen molar-refractivity contribution in [2.24, 2.45) is 5.73 Å². The van der Waals surface area contributed by atoms with Gasteiger partial charge in [0.1, 0.15) is 24.0 Å². The Balaban J connectivity index is 1.49. The summed E-state index contributed by atoms with van der Waals surface area (Å²) in [6.07, 6.45) is 3.25. The number of oxazole rings is 1. The van der Waals surface area contributed by atoms with Crippen molar-refractivity contribution < 1.29 is 22.7 Å². The molecule has 192 valence electrons. The van der Waals surface area contributed by atoms with Gasteiger partial charge in [0.2, 0.25) is 5.89 Å². The number of halogens is 2. The lowest BCUT2D eigenvalue weighted by molar-refractivity contribution is 0.0238. The first kappa shape index (κ1) is 26.2. The van der Waals surface area contributed by atoms with Crippen molar-refractivity contribution in [1.82, 2.24) is 10.3 Å². The molecule has 0 amide bonds. The summed E-state index contributed by atoms with van der Waals surface area (Å²) in [7, 11) is 0. The van der Waals surface area contributed by atoms with E-state index in [0.717, 1.165) is 18.1 Å². The quantitative estimate of drug-likeness (QED) is 0.277. The SMILES string of the molecule is CCc1cccc(CNC[C@@H](OC(=O)c2cccc(-c3ncco3)c2)[C@@H](N)Cc2cc(F)cc(F)c2)c1. The maximum absolute atomic E-state index is 13.7. The van der Waals surface area contributed by atoms with Crippen LogP contribution in [0.5, 0.6) is 0 Å². The van der Waals surface area contributed by atoms with Gasteiger partial charge in [0.05, 0.1) is 11.8 Å². The van der Waals surface area contributed by atoms with Crippen LogP contribution in [-0.2, 0) is 24.1 Å². The molecule has 0 bridgehead atoms. The Labute approximate surface area is 214 Å². The second-order valence-corrected chi connectivity index (χ2v) is 8.81. The van der Waals surface area contributed by atoms with Gasteiger partial charge < -0.3 is 20.2 Å². The number of carbonyl (C=O) groups excluding carboxylic acids is 1. The molecule has 0 saturated heterocycles. The van der Waals surface area contributed by atoms with Gasteiger partial charge in [-0.1, -0.05) is 37.3 Å². The second kappa shape index (κ2) is 12.4. The number of aromatic nitrogens is 1. The van der Waals surface area contributed by atoms with Gasteiger partial charge in [-0.15, -0.1) is 0 Å². The zero-order chi connectivity index (χ0) is 26.2. The zero-order valence-electron chi connectivity index (χ0n) is 20.5. The summed E-state index contributed by atoms with van der Waals surface area (Å²) in [5.74, 6) is -1.57. The zero-order valence-corrected chi connectivity index (χ0v) is 20.5. The minimum Gasteiger partial charge on any atom is -0.456 e. The summed E-state index contributed by atoms with van der Waals surface area (Å²) < 4.78 is 38.6. The number of hydrogen-bond donors (Lipinski definition) is 2. The molecule has 1 aromatic heterocycles. The van der Waals surface area contributed by atoms with Gasteiger partial charge in [-0.2, -0.15) is 0 Å². The number of hydrogen-bond acceptors (Lipinski definition) is 6. The van der Waals surface area contributed by atoms with Crippen molar-refractivity contribution in [2.75, 3.05) is 6.54 Å². The molecule has 3 aromatic carbocycles. The second-order valence-electron chi connectivity index (χ2n) is 8.81. The number of nitrogens with zero attached hydrogens (tertiary/aromatic N) is 1. The van der Waals surface area contributed by atoms with E-state index in [0.29, 0.717) is 29.1 Å². The Morgan fingerprint density at radius 2 is 1.78 bits per heavy atom. The molecule has 0 aliphatic rings. The molecule has 0 radical (unpaired) electrons. The fourth-order valence-electron chi connectivity index (χ4n) is 4.08. The Morgan fingerprint density at radius 1 is 1.03 bits per heavy atom. The molecule has 0 spiro atoms. The molecule has 0 unspecified atom stereocenters. The predicted octanol–water partition coefficient (Wildman–Crippen LogP) is 5.07. The molecule has 8 heteroatoms. The maximum atomic E-state index is 13.7. The molecule has 3 N–H and O–H groups in total. The van der Waals surface area contributed by atoms with Gasteiger partial charge in [-0.3, -0.25) is 0 Å². The third-order valence-electron chi connectivity index (χ3n) is 5.98. The van der Waals surface area contributed by atoms with Crippen molar-refractivity contribution in [3.05, 3.63) is 113 Å². The molecule has 4 rings (SSSR count). The molecule has 0 aliphatic carbocycles. The third-order valence-corrected chi connectivity index (χ3v) is 5.98. The summed E-state index contributed by atoms with van der Waals surface area (Å²) >= 11 is 0. The highest BCUT2D eigenvalue weighted by atomic mass is 19.1. The number of rotatable bonds is 11. The standard InChI is InChI=1S/C29H29F2N3O3/c1-2-19-5-3-6-20(11-19)17-33-18-27(26(32)14-21-12-24(30)16-25(31)13-21)37-29(35)23-8-4-7-22(15-23)28-34-9-10-36-28/h3-13,15-16,26-27,33H,2,14,17-18,32H2,1H3/t26-,27+/m0/s1. The smallest absolute Gasteiger partial charge is 0.338 e. The van der Waals surface area contributed by atoms with Gasteiger partial charge in [-0.05, 0) is 59.9 Å². The summed E-state index contributed by atoms with van der Waals surface area (Å²) in [4.78, 5) is 17.2. The molecule has 0 fully saturated rings. The maximum Gasteiger partial charge on any atom is 0.338 e. The average Bonchev–Trinajstić information content (AvgIpc) is 3.43. The van der Waals surface area contributed by atoms with E-state index in [1.807, 2.05) is 12.1 Å². The van der Waals surface area contributed by atoms with Crippen LogP contribution in [0.2, 0.25) is 0 Å². The molecule has 0 aliphatic heterocycles. The largest absolute Gasteiger partial charge is 0.456 e. The van der Waals surface area contributed by atoms with Crippen LogP contribution < -0.4 is 11.1 Å². The Hall–Kier alpha value is -3.88. The first-order valence-corrected chi connectivity index (χ1v) is 12.1. The van der Waals surface area contributed by atoms with E-state index in [4.69, 9.17) is 14.9 Å². The van der Waals surface area contributed by atoms with E-state index in [2.05, 4.69) is 29.4 Å². The van der Waals surface area contributed by atoms with E-state index < -0.39 is 29.7 Å². The minimum absolute atomic E-state index is 0.121. The highest BCUT2D eigenvalue weighted by molar-refractivity contribution is 5.90. The number of esters is 1. The van der Waals surface area contributed by atoms with Gasteiger partial charge in [0, 0.05) is 30.8 Å². The van der Waals surface area contributed by atoms with Gasteiger partial charge in [-0.25, -0.2) is 18.6 Å². The van der Waals surface area contributed by atoms with E-state index in [9.17, 15) is 13.6 Å². The van der Waals surface area contributed by atoms with Crippen LogP contribution in [0, 0.1) is 11.6 Å². The summed E-state index contributed by atoms with van der Waals surface area (Å²) in [5.41, 5.74) is 10.0. The number of nitrogens with two attached hydrogens (primary N) is 1. The first-order valence-electron chi connectivity index (χ1n) is 12.1. The lowest BCUT2D eigenvalue weighted by Gasteiger charge is -2.25. The highest BCUT2D eigenvalue weighted by Crippen LogP contribution is 2.20. The van der Waals surface area contributed by atoms with Crippen LogP contribution in [0.25, 0.3) is 11.5 Å². The molecule has 2 atom stereocenters. The summed E-state index contributed by atoms with van der Waals surface area (Å²) in [6, 6.07) is 17.5. The van der Waals surface area contributed by atoms with Gasteiger partial charge in [0.25, 0.3) is 0 Å². The van der Waals surface area contributed by atoms with E-state index >= 15 is 0 Å². The fraction of sp³-hybridized carbons (Fsp3) is 0.241. The van der Waals surface area contributed by atoms with Crippen LogP contribution in [0.4, 0.5) is 8.78 Å². The third kappa shape index (κ3) is 7.31. The van der Waals surface area contributed by atoms with Crippen LogP contribution in [-0.4, -0.2) is 29.6 Å². The van der Waals surface area contributed by atoms with E-state index in [1.54, 1.807) is 24.3 Å². The van der Waals surface area contributed by atoms with Crippen molar-refractivity contribution in [3.8, 4) is 11.5 Å².